The lowest BCUT2D eigenvalue weighted by atomic mass is 10.1. The molecule has 0 aliphatic rings. The lowest BCUT2D eigenvalue weighted by molar-refractivity contribution is 0.608. The van der Waals surface area contributed by atoms with Crippen LogP contribution < -0.4 is 0 Å². The normalized spacial score (nSPS) is 11.1. The molecule has 0 spiro atoms. The van der Waals surface area contributed by atoms with E-state index in [-0.39, 0.29) is 21.9 Å². The van der Waals surface area contributed by atoms with E-state index in [9.17, 15) is 8.42 Å². The van der Waals surface area contributed by atoms with Gasteiger partial charge in [0.2, 0.25) is 0 Å². The van der Waals surface area contributed by atoms with Crippen LogP contribution in [0.4, 0.5) is 0 Å². The summed E-state index contributed by atoms with van der Waals surface area (Å²) in [6.07, 6.45) is 0. The van der Waals surface area contributed by atoms with Gasteiger partial charge in [-0.3, -0.25) is 0 Å². The zero-order valence-corrected chi connectivity index (χ0v) is 10.1. The van der Waals surface area contributed by atoms with Gasteiger partial charge >= 0.3 is 0 Å². The molecule has 0 unspecified atom stereocenters. The molecule has 0 bridgehead atoms. The fourth-order valence-corrected chi connectivity index (χ4v) is 3.25. The van der Waals surface area contributed by atoms with E-state index in [0.29, 0.717) is 5.56 Å². The molecule has 0 atom stereocenters. The molecular weight excluding hydrogens is 257 g/mol. The minimum atomic E-state index is -3.87. The number of alkyl halides is 1. The SMILES string of the molecule is Cc1ccc(C#N)c(CCl)c1S(=O)(=O)Cl. The van der Waals surface area contributed by atoms with Crippen molar-refractivity contribution in [3.63, 3.8) is 0 Å². The molecule has 1 aromatic carbocycles. The molecular formula is C9H7Cl2NO2S. The standard InChI is InChI=1S/C9H7Cl2NO2S/c1-6-2-3-7(5-12)8(4-10)9(6)15(11,13)14/h2-3H,4H2,1H3. The van der Waals surface area contributed by atoms with Crippen molar-refractivity contribution in [2.75, 3.05) is 0 Å². The molecule has 0 amide bonds. The molecule has 80 valence electrons. The second-order valence-corrected chi connectivity index (χ2v) is 5.69. The van der Waals surface area contributed by atoms with Crippen LogP contribution in [0.2, 0.25) is 0 Å². The van der Waals surface area contributed by atoms with Crippen molar-refractivity contribution >= 4 is 31.3 Å². The minimum Gasteiger partial charge on any atom is -0.207 e. The van der Waals surface area contributed by atoms with E-state index in [1.807, 2.05) is 6.07 Å². The summed E-state index contributed by atoms with van der Waals surface area (Å²) >= 11 is 5.62. The first-order valence-electron chi connectivity index (χ1n) is 3.95. The van der Waals surface area contributed by atoms with E-state index in [0.717, 1.165) is 0 Å². The van der Waals surface area contributed by atoms with Crippen molar-refractivity contribution in [2.24, 2.45) is 0 Å². The highest BCUT2D eigenvalue weighted by atomic mass is 35.7. The van der Waals surface area contributed by atoms with Crippen LogP contribution in [0.3, 0.4) is 0 Å². The van der Waals surface area contributed by atoms with E-state index in [2.05, 4.69) is 0 Å². The summed E-state index contributed by atoms with van der Waals surface area (Å²) in [7, 11) is 1.41. The highest BCUT2D eigenvalue weighted by molar-refractivity contribution is 8.13. The number of rotatable bonds is 2. The van der Waals surface area contributed by atoms with Crippen LogP contribution in [0.5, 0.6) is 0 Å². The molecule has 0 aromatic heterocycles. The molecule has 0 aliphatic carbocycles. The van der Waals surface area contributed by atoms with Crippen molar-refractivity contribution in [3.05, 3.63) is 28.8 Å². The molecule has 0 saturated carbocycles. The second kappa shape index (κ2) is 4.40. The number of benzene rings is 1. The summed E-state index contributed by atoms with van der Waals surface area (Å²) in [5.41, 5.74) is 0.976. The Bertz CT molecular complexity index is 532. The van der Waals surface area contributed by atoms with Crippen molar-refractivity contribution in [1.29, 1.82) is 5.26 Å². The topological polar surface area (TPSA) is 57.9 Å². The maximum Gasteiger partial charge on any atom is 0.261 e. The van der Waals surface area contributed by atoms with E-state index in [1.165, 1.54) is 12.1 Å². The predicted molar refractivity (Wildman–Crippen MR) is 58.5 cm³/mol. The number of hydrogen-bond acceptors (Lipinski definition) is 3. The summed E-state index contributed by atoms with van der Waals surface area (Å²) in [5, 5.41) is 8.78. The molecule has 1 aromatic rings. The minimum absolute atomic E-state index is 0.0572. The summed E-state index contributed by atoms with van der Waals surface area (Å²) in [4.78, 5) is -0.0572. The van der Waals surface area contributed by atoms with Crippen molar-refractivity contribution in [2.45, 2.75) is 17.7 Å². The molecule has 0 aliphatic heterocycles. The number of nitrogens with zero attached hydrogens (tertiary/aromatic N) is 1. The van der Waals surface area contributed by atoms with Crippen LogP contribution in [0.15, 0.2) is 17.0 Å². The third-order valence-electron chi connectivity index (χ3n) is 1.96. The van der Waals surface area contributed by atoms with Crippen LogP contribution in [-0.2, 0) is 14.9 Å². The summed E-state index contributed by atoms with van der Waals surface area (Å²) < 4.78 is 22.6. The van der Waals surface area contributed by atoms with Gasteiger partial charge in [0.25, 0.3) is 9.05 Å². The third-order valence-corrected chi connectivity index (χ3v) is 3.74. The first kappa shape index (κ1) is 12.3. The van der Waals surface area contributed by atoms with Gasteiger partial charge in [0.05, 0.1) is 22.4 Å². The monoisotopic (exact) mass is 263 g/mol. The van der Waals surface area contributed by atoms with Crippen LogP contribution in [0.1, 0.15) is 16.7 Å². The molecule has 6 heteroatoms. The fourth-order valence-electron chi connectivity index (χ4n) is 1.32. The van der Waals surface area contributed by atoms with Crippen LogP contribution in [0, 0.1) is 18.3 Å². The first-order chi connectivity index (χ1) is 6.91. The van der Waals surface area contributed by atoms with Gasteiger partial charge in [-0.1, -0.05) is 6.07 Å². The number of aryl methyl sites for hydroxylation is 1. The Kier molecular flexibility index (Phi) is 3.61. The number of nitriles is 1. The lowest BCUT2D eigenvalue weighted by Gasteiger charge is -2.08. The van der Waals surface area contributed by atoms with Crippen LogP contribution in [-0.4, -0.2) is 8.42 Å². The van der Waals surface area contributed by atoms with Crippen molar-refractivity contribution in [1.82, 2.24) is 0 Å². The fraction of sp³-hybridized carbons (Fsp3) is 0.222. The van der Waals surface area contributed by atoms with Gasteiger partial charge in [0.1, 0.15) is 0 Å². The molecule has 0 fully saturated rings. The summed E-state index contributed by atoms with van der Waals surface area (Å²) in [5.74, 6) is -0.0636. The van der Waals surface area contributed by atoms with Crippen LogP contribution >= 0.6 is 22.3 Å². The van der Waals surface area contributed by atoms with Gasteiger partial charge in [-0.15, -0.1) is 11.6 Å². The first-order valence-corrected chi connectivity index (χ1v) is 6.79. The Morgan fingerprint density at radius 3 is 2.47 bits per heavy atom. The highest BCUT2D eigenvalue weighted by Crippen LogP contribution is 2.27. The zero-order chi connectivity index (χ0) is 11.6. The molecule has 0 N–H and O–H groups in total. The highest BCUT2D eigenvalue weighted by Gasteiger charge is 2.20. The molecule has 0 saturated heterocycles. The zero-order valence-electron chi connectivity index (χ0n) is 7.79. The number of halogens is 2. The largest absolute Gasteiger partial charge is 0.261 e. The van der Waals surface area contributed by atoms with Gasteiger partial charge < -0.3 is 0 Å². The predicted octanol–water partition coefficient (Wildman–Crippen LogP) is 2.53. The third kappa shape index (κ3) is 2.43. The smallest absolute Gasteiger partial charge is 0.207 e. The molecule has 0 radical (unpaired) electrons. The Hall–Kier alpha value is -0.760. The Labute approximate surface area is 97.7 Å². The van der Waals surface area contributed by atoms with Crippen molar-refractivity contribution in [3.8, 4) is 6.07 Å². The molecule has 3 nitrogen and oxygen atoms in total. The second-order valence-electron chi connectivity index (χ2n) is 2.92. The molecule has 1 rings (SSSR count). The quantitative estimate of drug-likeness (QED) is 0.609. The average molecular weight is 264 g/mol. The Morgan fingerprint density at radius 1 is 1.47 bits per heavy atom. The Morgan fingerprint density at radius 2 is 2.07 bits per heavy atom. The van der Waals surface area contributed by atoms with Gasteiger partial charge in [0.15, 0.2) is 0 Å². The maximum atomic E-state index is 11.3. The van der Waals surface area contributed by atoms with E-state index >= 15 is 0 Å². The van der Waals surface area contributed by atoms with E-state index in [1.54, 1.807) is 6.92 Å². The van der Waals surface area contributed by atoms with Crippen molar-refractivity contribution < 1.29 is 8.42 Å². The maximum absolute atomic E-state index is 11.3. The van der Waals surface area contributed by atoms with E-state index < -0.39 is 9.05 Å². The van der Waals surface area contributed by atoms with Gasteiger partial charge in [-0.05, 0) is 18.6 Å². The van der Waals surface area contributed by atoms with Gasteiger partial charge in [-0.2, -0.15) is 5.26 Å². The Balaban J connectivity index is 3.71. The molecule has 15 heavy (non-hydrogen) atoms. The summed E-state index contributed by atoms with van der Waals surface area (Å²) in [6.45, 7) is 1.60. The van der Waals surface area contributed by atoms with Crippen LogP contribution in [0.25, 0.3) is 0 Å². The van der Waals surface area contributed by atoms with E-state index in [4.69, 9.17) is 27.5 Å². The average Bonchev–Trinajstić information content (AvgIpc) is 2.15. The summed E-state index contributed by atoms with van der Waals surface area (Å²) in [6, 6.07) is 4.94. The molecule has 0 heterocycles. The lowest BCUT2D eigenvalue weighted by Crippen LogP contribution is -2.02. The number of hydrogen-bond donors (Lipinski definition) is 0. The van der Waals surface area contributed by atoms with Gasteiger partial charge in [-0.25, -0.2) is 8.42 Å². The van der Waals surface area contributed by atoms with Gasteiger partial charge in [0, 0.05) is 16.2 Å².